The average molecular weight is 259 g/mol. The van der Waals surface area contributed by atoms with E-state index in [0.29, 0.717) is 11.3 Å². The summed E-state index contributed by atoms with van der Waals surface area (Å²) in [6, 6.07) is 8.24. The van der Waals surface area contributed by atoms with E-state index < -0.39 is 11.9 Å². The molecular weight excluding hydrogens is 246 g/mol. The fourth-order valence-corrected chi connectivity index (χ4v) is 1.61. The molecule has 0 unspecified atom stereocenters. The number of benzene rings is 1. The largest absolute Gasteiger partial charge is 0.465 e. The van der Waals surface area contributed by atoms with Crippen molar-refractivity contribution in [1.29, 1.82) is 0 Å². The van der Waals surface area contributed by atoms with Gasteiger partial charge in [-0.2, -0.15) is 0 Å². The molecule has 1 aromatic carbocycles. The zero-order chi connectivity index (χ0) is 13.8. The Hall–Kier alpha value is -2.56. The Kier molecular flexibility index (Phi) is 3.66. The van der Waals surface area contributed by atoms with Crippen molar-refractivity contribution in [3.05, 3.63) is 53.5 Å². The summed E-state index contributed by atoms with van der Waals surface area (Å²) < 4.78 is 9.75. The number of para-hydroxylation sites is 1. The van der Waals surface area contributed by atoms with Gasteiger partial charge in [0.15, 0.2) is 5.76 Å². The molecule has 0 atom stereocenters. The summed E-state index contributed by atoms with van der Waals surface area (Å²) in [5, 5.41) is 2.62. The van der Waals surface area contributed by atoms with Crippen LogP contribution in [0.25, 0.3) is 0 Å². The minimum atomic E-state index is -0.508. The number of carbonyl (C=O) groups is 2. The van der Waals surface area contributed by atoms with Gasteiger partial charge in [0, 0.05) is 0 Å². The number of aryl methyl sites for hydroxylation is 1. The van der Waals surface area contributed by atoms with Crippen molar-refractivity contribution in [2.45, 2.75) is 6.92 Å². The molecule has 2 rings (SSSR count). The number of anilines is 1. The number of ether oxygens (including phenoxy) is 1. The first-order valence-corrected chi connectivity index (χ1v) is 5.65. The predicted octanol–water partition coefficient (Wildman–Crippen LogP) is 2.63. The molecule has 0 saturated heterocycles. The van der Waals surface area contributed by atoms with Gasteiger partial charge >= 0.3 is 5.97 Å². The number of esters is 1. The van der Waals surface area contributed by atoms with Crippen LogP contribution in [0.2, 0.25) is 0 Å². The van der Waals surface area contributed by atoms with Crippen LogP contribution < -0.4 is 5.32 Å². The molecule has 0 bridgehead atoms. The third-order valence-corrected chi connectivity index (χ3v) is 2.53. The lowest BCUT2D eigenvalue weighted by molar-refractivity contribution is 0.0602. The van der Waals surface area contributed by atoms with Crippen LogP contribution in [0, 0.1) is 6.92 Å². The van der Waals surface area contributed by atoms with E-state index in [1.807, 2.05) is 6.92 Å². The Balaban J connectivity index is 2.24. The van der Waals surface area contributed by atoms with E-state index in [-0.39, 0.29) is 5.76 Å². The van der Waals surface area contributed by atoms with E-state index in [4.69, 9.17) is 4.42 Å². The summed E-state index contributed by atoms with van der Waals surface area (Å²) in [5.41, 5.74) is 1.53. The number of methoxy groups -OCH3 is 1. The molecule has 0 spiro atoms. The topological polar surface area (TPSA) is 68.5 Å². The Morgan fingerprint density at radius 1 is 1.26 bits per heavy atom. The van der Waals surface area contributed by atoms with Gasteiger partial charge in [-0.3, -0.25) is 4.79 Å². The maximum absolute atomic E-state index is 11.9. The van der Waals surface area contributed by atoms with E-state index in [0.717, 1.165) is 5.56 Å². The van der Waals surface area contributed by atoms with Crippen molar-refractivity contribution in [2.75, 3.05) is 12.4 Å². The third-order valence-electron chi connectivity index (χ3n) is 2.53. The quantitative estimate of drug-likeness (QED) is 0.860. The van der Waals surface area contributed by atoms with Gasteiger partial charge in [-0.1, -0.05) is 12.1 Å². The number of rotatable bonds is 3. The maximum atomic E-state index is 11.9. The van der Waals surface area contributed by atoms with E-state index >= 15 is 0 Å². The number of hydrogen-bond donors (Lipinski definition) is 1. The average Bonchev–Trinajstić information content (AvgIpc) is 2.85. The minimum Gasteiger partial charge on any atom is -0.465 e. The van der Waals surface area contributed by atoms with E-state index in [2.05, 4.69) is 10.1 Å². The Bertz CT molecular complexity index is 615. The zero-order valence-corrected chi connectivity index (χ0v) is 10.6. The monoisotopic (exact) mass is 259 g/mol. The van der Waals surface area contributed by atoms with Crippen molar-refractivity contribution in [1.82, 2.24) is 0 Å². The van der Waals surface area contributed by atoms with Crippen molar-refractivity contribution in [3.8, 4) is 0 Å². The van der Waals surface area contributed by atoms with Gasteiger partial charge in [-0.25, -0.2) is 4.79 Å². The molecule has 5 nitrogen and oxygen atoms in total. The second kappa shape index (κ2) is 5.39. The Morgan fingerprint density at radius 2 is 2.00 bits per heavy atom. The lowest BCUT2D eigenvalue weighted by Gasteiger charge is -2.08. The summed E-state index contributed by atoms with van der Waals surface area (Å²) in [4.78, 5) is 23.5. The summed E-state index contributed by atoms with van der Waals surface area (Å²) in [6.07, 6.45) is 1.49. The van der Waals surface area contributed by atoms with Gasteiger partial charge < -0.3 is 14.5 Å². The highest BCUT2D eigenvalue weighted by molar-refractivity contribution is 6.06. The predicted molar refractivity (Wildman–Crippen MR) is 69.2 cm³/mol. The molecule has 2 aromatic rings. The molecule has 1 aromatic heterocycles. The highest BCUT2D eigenvalue weighted by Gasteiger charge is 2.15. The maximum Gasteiger partial charge on any atom is 0.339 e. The van der Waals surface area contributed by atoms with Crippen LogP contribution in [0.1, 0.15) is 26.5 Å². The minimum absolute atomic E-state index is 0.192. The van der Waals surface area contributed by atoms with Gasteiger partial charge in [0.05, 0.1) is 24.6 Å². The van der Waals surface area contributed by atoms with E-state index in [1.54, 1.807) is 30.3 Å². The van der Waals surface area contributed by atoms with Crippen LogP contribution in [0.15, 0.2) is 41.0 Å². The van der Waals surface area contributed by atoms with Crippen molar-refractivity contribution in [2.24, 2.45) is 0 Å². The number of nitrogens with one attached hydrogen (secondary N) is 1. The van der Waals surface area contributed by atoms with Gasteiger partial charge in [0.1, 0.15) is 0 Å². The van der Waals surface area contributed by atoms with Crippen molar-refractivity contribution >= 4 is 17.6 Å². The van der Waals surface area contributed by atoms with Crippen LogP contribution in [-0.2, 0) is 4.74 Å². The third kappa shape index (κ3) is 2.82. The summed E-state index contributed by atoms with van der Waals surface area (Å²) in [6.45, 7) is 1.82. The van der Waals surface area contributed by atoms with Gasteiger partial charge in [0.25, 0.3) is 5.91 Å². The fourth-order valence-electron chi connectivity index (χ4n) is 1.61. The number of amides is 1. The standard InChI is InChI=1S/C14H13NO4/c1-9-7-12(19-8-9)13(16)15-11-6-4-3-5-10(11)14(17)18-2/h3-8H,1-2H3,(H,15,16). The SMILES string of the molecule is COC(=O)c1ccccc1NC(=O)c1cc(C)co1. The number of carbonyl (C=O) groups excluding carboxylic acids is 2. The molecule has 0 radical (unpaired) electrons. The molecule has 5 heteroatoms. The van der Waals surface area contributed by atoms with E-state index in [1.165, 1.54) is 13.4 Å². The second-order valence-corrected chi connectivity index (χ2v) is 3.98. The lowest BCUT2D eigenvalue weighted by atomic mass is 10.1. The summed E-state index contributed by atoms with van der Waals surface area (Å²) in [5.74, 6) is -0.729. The molecule has 19 heavy (non-hydrogen) atoms. The Morgan fingerprint density at radius 3 is 2.63 bits per heavy atom. The molecule has 0 aliphatic rings. The molecule has 1 heterocycles. The van der Waals surface area contributed by atoms with E-state index in [9.17, 15) is 9.59 Å². The summed E-state index contributed by atoms with van der Waals surface area (Å²) >= 11 is 0. The van der Waals surface area contributed by atoms with Crippen LogP contribution >= 0.6 is 0 Å². The van der Waals surface area contributed by atoms with Crippen LogP contribution in [0.5, 0.6) is 0 Å². The number of hydrogen-bond acceptors (Lipinski definition) is 4. The molecule has 0 saturated carbocycles. The van der Waals surface area contributed by atoms with Crippen LogP contribution in [-0.4, -0.2) is 19.0 Å². The Labute approximate surface area is 110 Å². The van der Waals surface area contributed by atoms with Gasteiger partial charge in [-0.15, -0.1) is 0 Å². The smallest absolute Gasteiger partial charge is 0.339 e. The summed E-state index contributed by atoms with van der Waals surface area (Å²) in [7, 11) is 1.29. The molecular formula is C14H13NO4. The van der Waals surface area contributed by atoms with Crippen LogP contribution in [0.3, 0.4) is 0 Å². The first kappa shape index (κ1) is 12.9. The molecule has 1 N–H and O–H groups in total. The molecule has 0 aliphatic heterocycles. The van der Waals surface area contributed by atoms with Gasteiger partial charge in [0.2, 0.25) is 0 Å². The van der Waals surface area contributed by atoms with Crippen molar-refractivity contribution < 1.29 is 18.7 Å². The normalized spacial score (nSPS) is 10.0. The molecule has 1 amide bonds. The first-order chi connectivity index (χ1) is 9.11. The van der Waals surface area contributed by atoms with Crippen LogP contribution in [0.4, 0.5) is 5.69 Å². The molecule has 0 aliphatic carbocycles. The fraction of sp³-hybridized carbons (Fsp3) is 0.143. The second-order valence-electron chi connectivity index (χ2n) is 3.98. The molecule has 98 valence electrons. The molecule has 0 fully saturated rings. The highest BCUT2D eigenvalue weighted by atomic mass is 16.5. The zero-order valence-electron chi connectivity index (χ0n) is 10.6. The first-order valence-electron chi connectivity index (χ1n) is 5.65. The van der Waals surface area contributed by atoms with Gasteiger partial charge in [-0.05, 0) is 30.7 Å². The number of furan rings is 1. The van der Waals surface area contributed by atoms with Crippen molar-refractivity contribution in [3.63, 3.8) is 0 Å². The lowest BCUT2D eigenvalue weighted by Crippen LogP contribution is -2.14. The highest BCUT2D eigenvalue weighted by Crippen LogP contribution is 2.17.